The van der Waals surface area contributed by atoms with E-state index in [4.69, 9.17) is 5.73 Å². The molecule has 72 valence electrons. The third-order valence-corrected chi connectivity index (χ3v) is 2.89. The predicted molar refractivity (Wildman–Crippen MR) is 49.1 cm³/mol. The number of sulfone groups is 1. The highest BCUT2D eigenvalue weighted by Gasteiger charge is 2.14. The Kier molecular flexibility index (Phi) is 2.58. The normalized spacial score (nSPS) is 11.5. The molecule has 1 aromatic rings. The predicted octanol–water partition coefficient (Wildman–Crippen LogP) is 0.254. The standard InChI is InChI=1S/C8H11NO3S/c1-13(11,12)8-4-2-3-7(10)6(8)5-9/h2-4,10H,5,9H2,1H3. The molecule has 0 aliphatic rings. The fourth-order valence-electron chi connectivity index (χ4n) is 1.11. The molecule has 0 aliphatic carbocycles. The van der Waals surface area contributed by atoms with Gasteiger partial charge in [-0.1, -0.05) is 6.07 Å². The SMILES string of the molecule is CS(=O)(=O)c1cccc(O)c1CN. The Labute approximate surface area is 76.9 Å². The van der Waals surface area contributed by atoms with Crippen LogP contribution in [0.3, 0.4) is 0 Å². The van der Waals surface area contributed by atoms with E-state index in [-0.39, 0.29) is 22.8 Å². The second kappa shape index (κ2) is 3.35. The van der Waals surface area contributed by atoms with Crippen LogP contribution in [0.25, 0.3) is 0 Å². The lowest BCUT2D eigenvalue weighted by atomic mass is 10.2. The lowest BCUT2D eigenvalue weighted by Gasteiger charge is -2.06. The molecule has 0 bridgehead atoms. The first kappa shape index (κ1) is 10.0. The van der Waals surface area contributed by atoms with Gasteiger partial charge in [0.25, 0.3) is 0 Å². The Morgan fingerprint density at radius 2 is 2.08 bits per heavy atom. The van der Waals surface area contributed by atoms with Crippen LogP contribution in [0.15, 0.2) is 23.1 Å². The smallest absolute Gasteiger partial charge is 0.175 e. The van der Waals surface area contributed by atoms with Crippen molar-refractivity contribution in [2.45, 2.75) is 11.4 Å². The van der Waals surface area contributed by atoms with Crippen LogP contribution in [0, 0.1) is 0 Å². The maximum absolute atomic E-state index is 11.2. The Morgan fingerprint density at radius 1 is 1.46 bits per heavy atom. The number of hydrogen-bond acceptors (Lipinski definition) is 4. The maximum atomic E-state index is 11.2. The molecule has 0 atom stereocenters. The van der Waals surface area contributed by atoms with Crippen LogP contribution in [0.5, 0.6) is 5.75 Å². The molecule has 1 aromatic carbocycles. The summed E-state index contributed by atoms with van der Waals surface area (Å²) < 4.78 is 22.4. The van der Waals surface area contributed by atoms with Gasteiger partial charge in [0, 0.05) is 18.4 Å². The van der Waals surface area contributed by atoms with Gasteiger partial charge in [-0.2, -0.15) is 0 Å². The third kappa shape index (κ3) is 1.99. The summed E-state index contributed by atoms with van der Waals surface area (Å²) in [5.74, 6) is -0.0783. The zero-order valence-electron chi connectivity index (χ0n) is 7.19. The Hall–Kier alpha value is -1.07. The van der Waals surface area contributed by atoms with Gasteiger partial charge < -0.3 is 10.8 Å². The molecule has 0 saturated heterocycles. The van der Waals surface area contributed by atoms with Crippen LogP contribution >= 0.6 is 0 Å². The minimum absolute atomic E-state index is 0.00900. The van der Waals surface area contributed by atoms with Crippen LogP contribution in [0.2, 0.25) is 0 Å². The zero-order chi connectivity index (χ0) is 10.1. The van der Waals surface area contributed by atoms with E-state index < -0.39 is 9.84 Å². The second-order valence-corrected chi connectivity index (χ2v) is 4.71. The summed E-state index contributed by atoms with van der Waals surface area (Å²) >= 11 is 0. The number of nitrogens with two attached hydrogens (primary N) is 1. The summed E-state index contributed by atoms with van der Waals surface area (Å²) in [7, 11) is -3.31. The zero-order valence-corrected chi connectivity index (χ0v) is 8.00. The lowest BCUT2D eigenvalue weighted by molar-refractivity contribution is 0.465. The fourth-order valence-corrected chi connectivity index (χ4v) is 2.07. The molecule has 0 heterocycles. The van der Waals surface area contributed by atoms with Crippen molar-refractivity contribution in [3.05, 3.63) is 23.8 Å². The highest BCUT2D eigenvalue weighted by atomic mass is 32.2. The van der Waals surface area contributed by atoms with Crippen LogP contribution < -0.4 is 5.73 Å². The number of benzene rings is 1. The average molecular weight is 201 g/mol. The van der Waals surface area contributed by atoms with Gasteiger partial charge in [-0.25, -0.2) is 8.42 Å². The minimum atomic E-state index is -3.31. The summed E-state index contributed by atoms with van der Waals surface area (Å²) in [6.07, 6.45) is 1.08. The molecule has 0 spiro atoms. The van der Waals surface area contributed by atoms with Crippen molar-refractivity contribution in [1.82, 2.24) is 0 Å². The van der Waals surface area contributed by atoms with Gasteiger partial charge in [-0.05, 0) is 12.1 Å². The Bertz CT molecular complexity index is 411. The van der Waals surface area contributed by atoms with Gasteiger partial charge in [0.1, 0.15) is 5.75 Å². The Morgan fingerprint density at radius 3 is 2.46 bits per heavy atom. The van der Waals surface area contributed by atoms with Crippen LogP contribution in [0.4, 0.5) is 0 Å². The molecule has 0 saturated carbocycles. The number of aromatic hydroxyl groups is 1. The number of rotatable bonds is 2. The summed E-state index contributed by atoms with van der Waals surface area (Å²) in [6.45, 7) is 0.00900. The minimum Gasteiger partial charge on any atom is -0.508 e. The maximum Gasteiger partial charge on any atom is 0.175 e. The van der Waals surface area contributed by atoms with Gasteiger partial charge in [0.2, 0.25) is 0 Å². The molecular weight excluding hydrogens is 190 g/mol. The molecule has 0 aliphatic heterocycles. The van der Waals surface area contributed by atoms with E-state index in [1.807, 2.05) is 0 Å². The van der Waals surface area contributed by atoms with Crippen molar-refractivity contribution in [1.29, 1.82) is 0 Å². The Balaban J connectivity index is 3.47. The monoisotopic (exact) mass is 201 g/mol. The van der Waals surface area contributed by atoms with Crippen LogP contribution in [0.1, 0.15) is 5.56 Å². The van der Waals surface area contributed by atoms with Crippen LogP contribution in [-0.2, 0) is 16.4 Å². The summed E-state index contributed by atoms with van der Waals surface area (Å²) in [5.41, 5.74) is 5.59. The topological polar surface area (TPSA) is 80.4 Å². The van der Waals surface area contributed by atoms with Gasteiger partial charge in [-0.15, -0.1) is 0 Å². The molecule has 0 fully saturated rings. The van der Waals surface area contributed by atoms with Gasteiger partial charge in [0.05, 0.1) is 4.90 Å². The second-order valence-electron chi connectivity index (χ2n) is 2.73. The van der Waals surface area contributed by atoms with Gasteiger partial charge in [-0.3, -0.25) is 0 Å². The van der Waals surface area contributed by atoms with E-state index in [2.05, 4.69) is 0 Å². The molecule has 4 nitrogen and oxygen atoms in total. The summed E-state index contributed by atoms with van der Waals surface area (Å²) in [6, 6.07) is 4.32. The first-order chi connectivity index (χ1) is 5.96. The van der Waals surface area contributed by atoms with E-state index in [9.17, 15) is 13.5 Å². The van der Waals surface area contributed by atoms with Crippen molar-refractivity contribution in [2.75, 3.05) is 6.26 Å². The van der Waals surface area contributed by atoms with Crippen LogP contribution in [-0.4, -0.2) is 19.8 Å². The van der Waals surface area contributed by atoms with E-state index in [1.54, 1.807) is 0 Å². The van der Waals surface area contributed by atoms with E-state index in [1.165, 1.54) is 18.2 Å². The van der Waals surface area contributed by atoms with Crippen molar-refractivity contribution in [3.63, 3.8) is 0 Å². The summed E-state index contributed by atoms with van der Waals surface area (Å²) in [4.78, 5) is 0.0926. The van der Waals surface area contributed by atoms with Crippen molar-refractivity contribution in [2.24, 2.45) is 5.73 Å². The largest absolute Gasteiger partial charge is 0.508 e. The quantitative estimate of drug-likeness (QED) is 0.719. The van der Waals surface area contributed by atoms with Gasteiger partial charge in [0.15, 0.2) is 9.84 Å². The van der Waals surface area contributed by atoms with Gasteiger partial charge >= 0.3 is 0 Å². The van der Waals surface area contributed by atoms with E-state index in [0.717, 1.165) is 6.26 Å². The molecule has 0 radical (unpaired) electrons. The average Bonchev–Trinajstić information content (AvgIpc) is 2.02. The van der Waals surface area contributed by atoms with Crippen molar-refractivity contribution in [3.8, 4) is 5.75 Å². The molecule has 3 N–H and O–H groups in total. The fraction of sp³-hybridized carbons (Fsp3) is 0.250. The third-order valence-electron chi connectivity index (χ3n) is 1.71. The molecule has 0 unspecified atom stereocenters. The molecular formula is C8H11NO3S. The summed E-state index contributed by atoms with van der Waals surface area (Å²) in [5, 5.41) is 9.31. The van der Waals surface area contributed by atoms with E-state index in [0.29, 0.717) is 0 Å². The first-order valence-electron chi connectivity index (χ1n) is 3.68. The van der Waals surface area contributed by atoms with Crippen molar-refractivity contribution >= 4 is 9.84 Å². The molecule has 0 aromatic heterocycles. The van der Waals surface area contributed by atoms with E-state index >= 15 is 0 Å². The molecule has 0 amide bonds. The molecule has 5 heteroatoms. The number of phenolic OH excluding ortho intramolecular Hbond substituents is 1. The molecule has 13 heavy (non-hydrogen) atoms. The molecule has 1 rings (SSSR count). The highest BCUT2D eigenvalue weighted by molar-refractivity contribution is 7.90. The number of hydrogen-bond donors (Lipinski definition) is 2. The highest BCUT2D eigenvalue weighted by Crippen LogP contribution is 2.23. The first-order valence-corrected chi connectivity index (χ1v) is 5.57. The van der Waals surface area contributed by atoms with Crippen molar-refractivity contribution < 1.29 is 13.5 Å². The lowest BCUT2D eigenvalue weighted by Crippen LogP contribution is -2.06. The number of phenols is 1.